The van der Waals surface area contributed by atoms with Gasteiger partial charge >= 0.3 is 5.97 Å². The third kappa shape index (κ3) is 3.67. The van der Waals surface area contributed by atoms with Crippen LogP contribution in [0.4, 0.5) is 0 Å². The quantitative estimate of drug-likeness (QED) is 0.616. The lowest BCUT2D eigenvalue weighted by molar-refractivity contribution is -0.145. The van der Waals surface area contributed by atoms with Crippen molar-refractivity contribution in [2.75, 3.05) is 0 Å². The van der Waals surface area contributed by atoms with Crippen molar-refractivity contribution in [2.45, 2.75) is 45.0 Å². The molecule has 0 saturated heterocycles. The molecule has 2 rings (SSSR count). The standard InChI is InChI=1S/C16H20O3/c1-12(17)18-14-9-10-15(11-14)19-16(2,3)13-7-5-4-6-8-13/h4-10,14-15H,11H2,1-3H3. The largest absolute Gasteiger partial charge is 0.458 e. The molecule has 0 fully saturated rings. The van der Waals surface area contributed by atoms with Gasteiger partial charge in [0.05, 0.1) is 11.7 Å². The highest BCUT2D eigenvalue weighted by molar-refractivity contribution is 5.66. The Morgan fingerprint density at radius 2 is 1.79 bits per heavy atom. The molecule has 0 spiro atoms. The second-order valence-electron chi connectivity index (χ2n) is 5.30. The fourth-order valence-corrected chi connectivity index (χ4v) is 2.31. The SMILES string of the molecule is CC(=O)OC1C=CC(OC(C)(C)c2ccccc2)C1. The van der Waals surface area contributed by atoms with E-state index in [2.05, 4.69) is 26.0 Å². The molecular weight excluding hydrogens is 240 g/mol. The predicted molar refractivity (Wildman–Crippen MR) is 73.7 cm³/mol. The van der Waals surface area contributed by atoms with Gasteiger partial charge in [0.1, 0.15) is 6.10 Å². The zero-order valence-electron chi connectivity index (χ0n) is 11.6. The highest BCUT2D eigenvalue weighted by Crippen LogP contribution is 2.30. The van der Waals surface area contributed by atoms with Gasteiger partial charge in [0.2, 0.25) is 0 Å². The van der Waals surface area contributed by atoms with Gasteiger partial charge in [-0.15, -0.1) is 0 Å². The van der Waals surface area contributed by atoms with Gasteiger partial charge in [-0.3, -0.25) is 4.79 Å². The average Bonchev–Trinajstić information content (AvgIpc) is 2.76. The second-order valence-corrected chi connectivity index (χ2v) is 5.30. The maximum atomic E-state index is 10.9. The minimum absolute atomic E-state index is 0.0143. The van der Waals surface area contributed by atoms with Crippen molar-refractivity contribution in [2.24, 2.45) is 0 Å². The number of carbonyl (C=O) groups excluding carboxylic acids is 1. The molecule has 3 heteroatoms. The molecule has 0 N–H and O–H groups in total. The van der Waals surface area contributed by atoms with Crippen molar-refractivity contribution in [3.8, 4) is 0 Å². The van der Waals surface area contributed by atoms with Crippen molar-refractivity contribution in [3.05, 3.63) is 48.0 Å². The van der Waals surface area contributed by atoms with Crippen LogP contribution in [0.1, 0.15) is 32.8 Å². The van der Waals surface area contributed by atoms with Crippen molar-refractivity contribution in [3.63, 3.8) is 0 Å². The molecule has 0 aromatic heterocycles. The van der Waals surface area contributed by atoms with E-state index >= 15 is 0 Å². The van der Waals surface area contributed by atoms with E-state index in [1.165, 1.54) is 6.92 Å². The van der Waals surface area contributed by atoms with Gasteiger partial charge in [0.15, 0.2) is 0 Å². The van der Waals surface area contributed by atoms with E-state index in [0.29, 0.717) is 6.42 Å². The van der Waals surface area contributed by atoms with Crippen molar-refractivity contribution < 1.29 is 14.3 Å². The van der Waals surface area contributed by atoms with Gasteiger partial charge in [0.25, 0.3) is 0 Å². The van der Waals surface area contributed by atoms with Gasteiger partial charge in [-0.25, -0.2) is 0 Å². The summed E-state index contributed by atoms with van der Waals surface area (Å²) in [6, 6.07) is 10.1. The normalized spacial score (nSPS) is 22.5. The Morgan fingerprint density at radius 3 is 2.42 bits per heavy atom. The molecule has 1 aromatic rings. The topological polar surface area (TPSA) is 35.5 Å². The van der Waals surface area contributed by atoms with Gasteiger partial charge in [-0.2, -0.15) is 0 Å². The van der Waals surface area contributed by atoms with Crippen LogP contribution in [0, 0.1) is 0 Å². The molecule has 3 nitrogen and oxygen atoms in total. The van der Waals surface area contributed by atoms with Crippen LogP contribution in [-0.4, -0.2) is 18.2 Å². The zero-order valence-corrected chi connectivity index (χ0v) is 11.6. The molecule has 0 saturated carbocycles. The first kappa shape index (κ1) is 13.8. The van der Waals surface area contributed by atoms with E-state index in [1.807, 2.05) is 30.4 Å². The molecule has 2 atom stereocenters. The summed E-state index contributed by atoms with van der Waals surface area (Å²) in [7, 11) is 0. The van der Waals surface area contributed by atoms with Crippen LogP contribution in [-0.2, 0) is 19.9 Å². The zero-order chi connectivity index (χ0) is 13.9. The number of carbonyl (C=O) groups is 1. The molecule has 2 unspecified atom stereocenters. The number of hydrogen-bond donors (Lipinski definition) is 0. The van der Waals surface area contributed by atoms with Gasteiger partial charge in [-0.05, 0) is 25.5 Å². The van der Waals surface area contributed by atoms with Crippen LogP contribution in [0.25, 0.3) is 0 Å². The highest BCUT2D eigenvalue weighted by atomic mass is 16.5. The number of rotatable bonds is 4. The molecular formula is C16H20O3. The van der Waals surface area contributed by atoms with Gasteiger partial charge in [-0.1, -0.05) is 36.4 Å². The minimum atomic E-state index is -0.360. The summed E-state index contributed by atoms with van der Waals surface area (Å²) in [6.45, 7) is 5.53. The molecule has 0 heterocycles. The van der Waals surface area contributed by atoms with Crippen LogP contribution in [0.3, 0.4) is 0 Å². The Kier molecular flexibility index (Phi) is 4.05. The van der Waals surface area contributed by atoms with Crippen LogP contribution in [0.2, 0.25) is 0 Å². The summed E-state index contributed by atoms with van der Waals surface area (Å²) in [5.74, 6) is -0.252. The lowest BCUT2D eigenvalue weighted by atomic mass is 9.98. The van der Waals surface area contributed by atoms with Crippen molar-refractivity contribution >= 4 is 5.97 Å². The summed E-state index contributed by atoms with van der Waals surface area (Å²) in [5.41, 5.74) is 0.779. The van der Waals surface area contributed by atoms with Gasteiger partial charge in [0, 0.05) is 13.3 Å². The molecule has 19 heavy (non-hydrogen) atoms. The van der Waals surface area contributed by atoms with E-state index in [1.54, 1.807) is 0 Å². The lowest BCUT2D eigenvalue weighted by Crippen LogP contribution is -2.28. The summed E-state index contributed by atoms with van der Waals surface area (Å²) >= 11 is 0. The molecule has 1 aliphatic rings. The Bertz CT molecular complexity index is 462. The summed E-state index contributed by atoms with van der Waals surface area (Å²) in [5, 5.41) is 0. The first-order valence-electron chi connectivity index (χ1n) is 6.56. The van der Waals surface area contributed by atoms with E-state index in [4.69, 9.17) is 9.47 Å². The predicted octanol–water partition coefficient (Wildman–Crippen LogP) is 3.20. The molecule has 0 aliphatic heterocycles. The summed E-state index contributed by atoms with van der Waals surface area (Å²) in [4.78, 5) is 10.9. The molecule has 0 bridgehead atoms. The van der Waals surface area contributed by atoms with E-state index in [9.17, 15) is 4.79 Å². The fourth-order valence-electron chi connectivity index (χ4n) is 2.31. The summed E-state index contributed by atoms with van der Waals surface area (Å²) < 4.78 is 11.3. The molecule has 1 aromatic carbocycles. The molecule has 0 amide bonds. The van der Waals surface area contributed by atoms with Crippen molar-refractivity contribution in [1.82, 2.24) is 0 Å². The van der Waals surface area contributed by atoms with Gasteiger partial charge < -0.3 is 9.47 Å². The van der Waals surface area contributed by atoms with E-state index in [0.717, 1.165) is 5.56 Å². The third-order valence-corrected chi connectivity index (χ3v) is 3.24. The average molecular weight is 260 g/mol. The van der Waals surface area contributed by atoms with E-state index in [-0.39, 0.29) is 23.8 Å². The first-order valence-corrected chi connectivity index (χ1v) is 6.56. The second kappa shape index (κ2) is 5.57. The van der Waals surface area contributed by atoms with Crippen LogP contribution in [0.15, 0.2) is 42.5 Å². The molecule has 1 aliphatic carbocycles. The highest BCUT2D eigenvalue weighted by Gasteiger charge is 2.29. The van der Waals surface area contributed by atoms with Crippen molar-refractivity contribution in [1.29, 1.82) is 0 Å². The lowest BCUT2D eigenvalue weighted by Gasteiger charge is -2.29. The third-order valence-electron chi connectivity index (χ3n) is 3.24. The number of benzene rings is 1. The smallest absolute Gasteiger partial charge is 0.303 e. The Labute approximate surface area is 114 Å². The molecule has 102 valence electrons. The Morgan fingerprint density at radius 1 is 1.16 bits per heavy atom. The maximum absolute atomic E-state index is 10.9. The molecule has 0 radical (unpaired) electrons. The Hall–Kier alpha value is -1.61. The maximum Gasteiger partial charge on any atom is 0.303 e. The van der Waals surface area contributed by atoms with Crippen LogP contribution in [0.5, 0.6) is 0 Å². The number of hydrogen-bond acceptors (Lipinski definition) is 3. The van der Waals surface area contributed by atoms with Crippen LogP contribution >= 0.6 is 0 Å². The Balaban J connectivity index is 1.96. The number of ether oxygens (including phenoxy) is 2. The van der Waals surface area contributed by atoms with E-state index < -0.39 is 0 Å². The monoisotopic (exact) mass is 260 g/mol. The van der Waals surface area contributed by atoms with Crippen LogP contribution < -0.4 is 0 Å². The first-order chi connectivity index (χ1) is 8.97. The fraction of sp³-hybridized carbons (Fsp3) is 0.438. The number of esters is 1. The summed E-state index contributed by atoms with van der Waals surface area (Å²) in [6.07, 6.45) is 4.38. The minimum Gasteiger partial charge on any atom is -0.458 e.